The number of pyridine rings is 1. The third-order valence-electron chi connectivity index (χ3n) is 3.98. The Labute approximate surface area is 113 Å². The Morgan fingerprint density at radius 2 is 2.05 bits per heavy atom. The fraction of sp³-hybridized carbons (Fsp3) is 0.643. The molecule has 1 aliphatic heterocycles. The van der Waals surface area contributed by atoms with E-state index in [4.69, 9.17) is 5.73 Å². The molecule has 2 rings (SSSR count). The van der Waals surface area contributed by atoms with Gasteiger partial charge in [0.2, 0.25) is 0 Å². The molecule has 1 aromatic rings. The van der Waals surface area contributed by atoms with Crippen molar-refractivity contribution in [3.63, 3.8) is 0 Å². The van der Waals surface area contributed by atoms with Gasteiger partial charge < -0.3 is 20.3 Å². The lowest BCUT2D eigenvalue weighted by atomic mass is 9.92. The van der Waals surface area contributed by atoms with Gasteiger partial charge in [0.05, 0.1) is 6.10 Å². The first-order valence-corrected chi connectivity index (χ1v) is 6.92. The van der Waals surface area contributed by atoms with Crippen molar-refractivity contribution in [1.82, 2.24) is 9.47 Å². The number of nitrogens with zero attached hydrogens (tertiary/aromatic N) is 2. The Morgan fingerprint density at radius 1 is 1.37 bits per heavy atom. The van der Waals surface area contributed by atoms with Crippen LogP contribution in [0.4, 0.5) is 5.69 Å². The summed E-state index contributed by atoms with van der Waals surface area (Å²) in [6.07, 6.45) is 3.55. The van der Waals surface area contributed by atoms with Crippen molar-refractivity contribution in [2.45, 2.75) is 32.4 Å². The van der Waals surface area contributed by atoms with Crippen molar-refractivity contribution in [2.75, 3.05) is 25.4 Å². The van der Waals surface area contributed by atoms with Crippen molar-refractivity contribution >= 4 is 5.69 Å². The highest BCUT2D eigenvalue weighted by molar-refractivity contribution is 5.33. The van der Waals surface area contributed by atoms with Crippen LogP contribution in [0.15, 0.2) is 23.1 Å². The fourth-order valence-electron chi connectivity index (χ4n) is 2.63. The van der Waals surface area contributed by atoms with Crippen molar-refractivity contribution < 1.29 is 5.11 Å². The smallest absolute Gasteiger partial charge is 0.250 e. The SMILES string of the molecule is CC(O)C1CCN(CCn2cc(N)ccc2=O)CC1. The van der Waals surface area contributed by atoms with E-state index in [9.17, 15) is 9.90 Å². The predicted octanol–water partition coefficient (Wildman–Crippen LogP) is 0.523. The molecular weight excluding hydrogens is 242 g/mol. The molecule has 1 atom stereocenters. The molecule has 1 saturated heterocycles. The number of piperidine rings is 1. The maximum Gasteiger partial charge on any atom is 0.250 e. The van der Waals surface area contributed by atoms with Crippen LogP contribution in [0, 0.1) is 5.92 Å². The molecule has 3 N–H and O–H groups in total. The van der Waals surface area contributed by atoms with E-state index < -0.39 is 0 Å². The summed E-state index contributed by atoms with van der Waals surface area (Å²) < 4.78 is 1.66. The molecule has 0 aromatic carbocycles. The maximum atomic E-state index is 11.6. The number of nitrogens with two attached hydrogens (primary N) is 1. The largest absolute Gasteiger partial charge is 0.398 e. The molecule has 106 valence electrons. The highest BCUT2D eigenvalue weighted by Crippen LogP contribution is 2.20. The number of nitrogen functional groups attached to an aromatic ring is 1. The maximum absolute atomic E-state index is 11.6. The zero-order chi connectivity index (χ0) is 13.8. The normalized spacial score (nSPS) is 19.5. The first-order valence-electron chi connectivity index (χ1n) is 6.92. The second kappa shape index (κ2) is 6.21. The number of aliphatic hydroxyl groups excluding tert-OH is 1. The van der Waals surface area contributed by atoms with Gasteiger partial charge in [0.15, 0.2) is 0 Å². The van der Waals surface area contributed by atoms with Gasteiger partial charge in [-0.25, -0.2) is 0 Å². The van der Waals surface area contributed by atoms with Crippen LogP contribution in [-0.2, 0) is 6.54 Å². The molecule has 0 amide bonds. The number of aliphatic hydroxyl groups is 1. The average Bonchev–Trinajstić information content (AvgIpc) is 2.40. The van der Waals surface area contributed by atoms with Crippen LogP contribution in [0.5, 0.6) is 0 Å². The van der Waals surface area contributed by atoms with E-state index in [0.29, 0.717) is 18.2 Å². The zero-order valence-corrected chi connectivity index (χ0v) is 11.5. The highest BCUT2D eigenvalue weighted by atomic mass is 16.3. The van der Waals surface area contributed by atoms with Gasteiger partial charge in [0.25, 0.3) is 5.56 Å². The van der Waals surface area contributed by atoms with Crippen molar-refractivity contribution in [3.8, 4) is 0 Å². The van der Waals surface area contributed by atoms with E-state index in [1.165, 1.54) is 6.07 Å². The Hall–Kier alpha value is -1.33. The van der Waals surface area contributed by atoms with Gasteiger partial charge in [-0.1, -0.05) is 0 Å². The summed E-state index contributed by atoms with van der Waals surface area (Å²) in [6.45, 7) is 5.38. The number of hydrogen-bond acceptors (Lipinski definition) is 4. The van der Waals surface area contributed by atoms with E-state index in [1.54, 1.807) is 16.8 Å². The Morgan fingerprint density at radius 3 is 2.68 bits per heavy atom. The highest BCUT2D eigenvalue weighted by Gasteiger charge is 2.22. The van der Waals surface area contributed by atoms with Gasteiger partial charge in [-0.3, -0.25) is 4.79 Å². The fourth-order valence-corrected chi connectivity index (χ4v) is 2.63. The third-order valence-corrected chi connectivity index (χ3v) is 3.98. The summed E-state index contributed by atoms with van der Waals surface area (Å²) in [7, 11) is 0. The van der Waals surface area contributed by atoms with Gasteiger partial charge in [0, 0.05) is 31.0 Å². The van der Waals surface area contributed by atoms with Gasteiger partial charge in [-0.05, 0) is 44.8 Å². The van der Waals surface area contributed by atoms with Crippen molar-refractivity contribution in [3.05, 3.63) is 28.7 Å². The number of aromatic nitrogens is 1. The van der Waals surface area contributed by atoms with E-state index >= 15 is 0 Å². The first kappa shape index (κ1) is 14.1. The standard InChI is InChI=1S/C14H23N3O2/c1-11(18)12-4-6-16(7-5-12)8-9-17-10-13(15)2-3-14(17)19/h2-3,10-12,18H,4-9,15H2,1H3. The summed E-state index contributed by atoms with van der Waals surface area (Å²) in [5, 5.41) is 9.56. The van der Waals surface area contributed by atoms with E-state index in [2.05, 4.69) is 4.90 Å². The van der Waals surface area contributed by atoms with Crippen LogP contribution in [0.25, 0.3) is 0 Å². The minimum absolute atomic E-state index is 0.00642. The van der Waals surface area contributed by atoms with Crippen molar-refractivity contribution in [2.24, 2.45) is 5.92 Å². The number of anilines is 1. The molecule has 0 aliphatic carbocycles. The summed E-state index contributed by atoms with van der Waals surface area (Å²) >= 11 is 0. The average molecular weight is 265 g/mol. The molecule has 5 nitrogen and oxygen atoms in total. The molecule has 2 heterocycles. The van der Waals surface area contributed by atoms with Gasteiger partial charge in [-0.15, -0.1) is 0 Å². The molecule has 19 heavy (non-hydrogen) atoms. The molecule has 0 saturated carbocycles. The Kier molecular flexibility index (Phi) is 4.61. The van der Waals surface area contributed by atoms with Crippen LogP contribution >= 0.6 is 0 Å². The zero-order valence-electron chi connectivity index (χ0n) is 11.5. The number of hydrogen-bond donors (Lipinski definition) is 2. The van der Waals surface area contributed by atoms with Crippen LogP contribution in [0.1, 0.15) is 19.8 Å². The lowest BCUT2D eigenvalue weighted by Crippen LogP contribution is -2.39. The summed E-state index contributed by atoms with van der Waals surface area (Å²) in [5.41, 5.74) is 6.30. The Balaban J connectivity index is 1.84. The van der Waals surface area contributed by atoms with E-state index in [-0.39, 0.29) is 11.7 Å². The lowest BCUT2D eigenvalue weighted by Gasteiger charge is -2.33. The topological polar surface area (TPSA) is 71.5 Å². The molecule has 5 heteroatoms. The van der Waals surface area contributed by atoms with Gasteiger partial charge in [-0.2, -0.15) is 0 Å². The minimum atomic E-state index is -0.210. The number of rotatable bonds is 4. The van der Waals surface area contributed by atoms with E-state index in [1.807, 2.05) is 6.92 Å². The second-order valence-electron chi connectivity index (χ2n) is 5.41. The Bertz CT molecular complexity index is 462. The number of likely N-dealkylation sites (tertiary alicyclic amines) is 1. The lowest BCUT2D eigenvalue weighted by molar-refractivity contribution is 0.0707. The molecule has 0 spiro atoms. The van der Waals surface area contributed by atoms with E-state index in [0.717, 1.165) is 32.5 Å². The van der Waals surface area contributed by atoms with Crippen LogP contribution in [-0.4, -0.2) is 40.3 Å². The van der Waals surface area contributed by atoms with Gasteiger partial charge >= 0.3 is 0 Å². The molecule has 1 unspecified atom stereocenters. The minimum Gasteiger partial charge on any atom is -0.398 e. The molecule has 1 aromatic heterocycles. The van der Waals surface area contributed by atoms with Crippen LogP contribution < -0.4 is 11.3 Å². The molecule has 1 fully saturated rings. The van der Waals surface area contributed by atoms with Gasteiger partial charge in [0.1, 0.15) is 0 Å². The summed E-state index contributed by atoms with van der Waals surface area (Å²) in [4.78, 5) is 14.0. The predicted molar refractivity (Wildman–Crippen MR) is 76.0 cm³/mol. The molecule has 0 radical (unpaired) electrons. The third kappa shape index (κ3) is 3.81. The molecule has 1 aliphatic rings. The second-order valence-corrected chi connectivity index (χ2v) is 5.41. The summed E-state index contributed by atoms with van der Waals surface area (Å²) in [6, 6.07) is 3.14. The molecular formula is C14H23N3O2. The molecule has 0 bridgehead atoms. The first-order chi connectivity index (χ1) is 9.06. The summed E-state index contributed by atoms with van der Waals surface area (Å²) in [5.74, 6) is 0.423. The van der Waals surface area contributed by atoms with Crippen LogP contribution in [0.3, 0.4) is 0 Å². The van der Waals surface area contributed by atoms with Crippen LogP contribution in [0.2, 0.25) is 0 Å². The quantitative estimate of drug-likeness (QED) is 0.833. The monoisotopic (exact) mass is 265 g/mol. The van der Waals surface area contributed by atoms with Crippen molar-refractivity contribution in [1.29, 1.82) is 0 Å².